The molecule has 3 aromatic rings. The molecule has 2 aliphatic rings. The van der Waals surface area contributed by atoms with Crippen molar-refractivity contribution in [2.24, 2.45) is 0 Å². The van der Waals surface area contributed by atoms with Gasteiger partial charge in [-0.2, -0.15) is 0 Å². The number of piperidine rings is 1. The summed E-state index contributed by atoms with van der Waals surface area (Å²) >= 11 is 1.21. The maximum atomic E-state index is 13.9. The molecule has 1 amide bonds. The third-order valence-corrected chi connectivity index (χ3v) is 9.69. The molecule has 14 heteroatoms. The summed E-state index contributed by atoms with van der Waals surface area (Å²) in [6.07, 6.45) is 8.14. The fraction of sp³-hybridized carbons (Fsp3) is 0.500. The second-order valence-corrected chi connectivity index (χ2v) is 12.8. The average Bonchev–Trinajstić information content (AvgIpc) is 3.70. The third-order valence-electron chi connectivity index (χ3n) is 6.81. The Kier molecular flexibility index (Phi) is 8.86. The molecule has 3 aromatic heterocycles. The summed E-state index contributed by atoms with van der Waals surface area (Å²) in [4.78, 5) is 33.0. The summed E-state index contributed by atoms with van der Waals surface area (Å²) in [7, 11) is -3.42. The lowest BCUT2D eigenvalue weighted by atomic mass is 10.0. The van der Waals surface area contributed by atoms with Crippen molar-refractivity contribution in [1.82, 2.24) is 30.2 Å². The third kappa shape index (κ3) is 7.09. The molecule has 0 bridgehead atoms. The van der Waals surface area contributed by atoms with Gasteiger partial charge in [0.25, 0.3) is 5.91 Å². The van der Waals surface area contributed by atoms with Gasteiger partial charge in [-0.15, -0.1) is 11.3 Å². The lowest BCUT2D eigenvalue weighted by Crippen LogP contribution is -2.39. The van der Waals surface area contributed by atoms with Gasteiger partial charge in [0.2, 0.25) is 15.9 Å². The van der Waals surface area contributed by atoms with Crippen molar-refractivity contribution in [3.05, 3.63) is 47.6 Å². The Morgan fingerprint density at radius 1 is 1.20 bits per heavy atom. The van der Waals surface area contributed by atoms with Crippen LogP contribution in [0.3, 0.4) is 0 Å². The highest BCUT2D eigenvalue weighted by molar-refractivity contribution is 7.93. The van der Waals surface area contributed by atoms with Crippen molar-refractivity contribution >= 4 is 33.0 Å². The number of alkyl halides is 1. The number of thiazole rings is 1. The first-order valence-electron chi connectivity index (χ1n) is 13.4. The van der Waals surface area contributed by atoms with Crippen LogP contribution < -0.4 is 14.8 Å². The Morgan fingerprint density at radius 2 is 2.00 bits per heavy atom. The minimum atomic E-state index is -3.42. The van der Waals surface area contributed by atoms with Crippen LogP contribution in [0.1, 0.15) is 60.6 Å². The maximum Gasteiger partial charge on any atom is 0.280 e. The van der Waals surface area contributed by atoms with Crippen LogP contribution in [-0.2, 0) is 10.0 Å². The number of ether oxygens (including phenoxy) is 1. The molecule has 40 heavy (non-hydrogen) atoms. The quantitative estimate of drug-likeness (QED) is 0.324. The van der Waals surface area contributed by atoms with Gasteiger partial charge in [-0.25, -0.2) is 22.8 Å². The molecule has 1 aliphatic carbocycles. The summed E-state index contributed by atoms with van der Waals surface area (Å²) in [6.45, 7) is 3.76. The molecule has 0 unspecified atom stereocenters. The van der Waals surface area contributed by atoms with Crippen molar-refractivity contribution in [2.45, 2.75) is 56.5 Å². The van der Waals surface area contributed by atoms with E-state index in [2.05, 4.69) is 34.9 Å². The zero-order valence-corrected chi connectivity index (χ0v) is 23.8. The van der Waals surface area contributed by atoms with Crippen LogP contribution in [0, 0.1) is 0 Å². The van der Waals surface area contributed by atoms with E-state index in [0.717, 1.165) is 0 Å². The second kappa shape index (κ2) is 12.5. The highest BCUT2D eigenvalue weighted by atomic mass is 32.2. The molecule has 1 saturated heterocycles. The number of rotatable bonds is 12. The number of nitrogens with zero attached hydrogens (tertiary/aromatic N) is 5. The van der Waals surface area contributed by atoms with Crippen molar-refractivity contribution in [3.63, 3.8) is 0 Å². The minimum absolute atomic E-state index is 0.221. The van der Waals surface area contributed by atoms with Crippen LogP contribution in [0.15, 0.2) is 36.9 Å². The summed E-state index contributed by atoms with van der Waals surface area (Å²) in [5.41, 5.74) is 1.70. The Morgan fingerprint density at radius 3 is 2.75 bits per heavy atom. The molecule has 1 atom stereocenters. The average molecular weight is 590 g/mol. The van der Waals surface area contributed by atoms with Crippen LogP contribution in [0.5, 0.6) is 5.88 Å². The number of nitrogens with one attached hydrogen (secondary N) is 2. The number of amides is 1. The highest BCUT2D eigenvalue weighted by Gasteiger charge is 2.36. The maximum absolute atomic E-state index is 13.9. The number of pyridine rings is 1. The monoisotopic (exact) mass is 589 g/mol. The van der Waals surface area contributed by atoms with E-state index in [0.29, 0.717) is 91.2 Å². The van der Waals surface area contributed by atoms with Crippen molar-refractivity contribution in [1.29, 1.82) is 0 Å². The number of halogens is 1. The van der Waals surface area contributed by atoms with Crippen LogP contribution in [0.4, 0.5) is 10.1 Å². The van der Waals surface area contributed by atoms with Gasteiger partial charge >= 0.3 is 0 Å². The smallest absolute Gasteiger partial charge is 0.280 e. The van der Waals surface area contributed by atoms with Gasteiger partial charge in [0.1, 0.15) is 11.9 Å². The zero-order chi connectivity index (χ0) is 28.1. The number of sulfonamides is 1. The van der Waals surface area contributed by atoms with Gasteiger partial charge in [-0.05, 0) is 51.2 Å². The first-order chi connectivity index (χ1) is 19.3. The van der Waals surface area contributed by atoms with Crippen LogP contribution in [-0.4, -0.2) is 76.8 Å². The number of carbonyl (C=O) groups excluding carboxylic acids is 1. The minimum Gasteiger partial charge on any atom is -0.477 e. The van der Waals surface area contributed by atoms with Gasteiger partial charge in [0.05, 0.1) is 46.6 Å². The van der Waals surface area contributed by atoms with Gasteiger partial charge in [-0.3, -0.25) is 24.4 Å². The summed E-state index contributed by atoms with van der Waals surface area (Å²) in [5, 5.41) is 2.88. The highest BCUT2D eigenvalue weighted by Crippen LogP contribution is 2.32. The Labute approximate surface area is 236 Å². The Balaban J connectivity index is 1.25. The van der Waals surface area contributed by atoms with Crippen molar-refractivity contribution in [3.8, 4) is 16.5 Å². The second-order valence-electron chi connectivity index (χ2n) is 9.79. The molecule has 11 nitrogen and oxygen atoms in total. The summed E-state index contributed by atoms with van der Waals surface area (Å²) in [6, 6.07) is 3.14. The molecule has 2 fully saturated rings. The van der Waals surface area contributed by atoms with Crippen LogP contribution >= 0.6 is 11.3 Å². The van der Waals surface area contributed by atoms with E-state index in [1.807, 2.05) is 6.92 Å². The molecule has 4 heterocycles. The van der Waals surface area contributed by atoms with Crippen molar-refractivity contribution < 1.29 is 22.3 Å². The normalized spacial score (nSPS) is 17.4. The number of likely N-dealkylation sites (tertiary alicyclic amines) is 1. The molecule has 0 radical (unpaired) electrons. The number of carbonyl (C=O) groups is 1. The molecule has 0 aromatic carbocycles. The summed E-state index contributed by atoms with van der Waals surface area (Å²) < 4.78 is 46.9. The molecule has 1 saturated carbocycles. The molecule has 214 valence electrons. The predicted octanol–water partition coefficient (Wildman–Crippen LogP) is 3.59. The first-order valence-corrected chi connectivity index (χ1v) is 15.7. The summed E-state index contributed by atoms with van der Waals surface area (Å²) in [5.74, 6) is 0.0885. The van der Waals surface area contributed by atoms with E-state index in [4.69, 9.17) is 4.74 Å². The predicted molar refractivity (Wildman–Crippen MR) is 150 cm³/mol. The van der Waals surface area contributed by atoms with E-state index < -0.39 is 16.2 Å². The van der Waals surface area contributed by atoms with Crippen LogP contribution in [0.2, 0.25) is 0 Å². The zero-order valence-electron chi connectivity index (χ0n) is 22.1. The van der Waals surface area contributed by atoms with Gasteiger partial charge < -0.3 is 10.1 Å². The largest absolute Gasteiger partial charge is 0.477 e. The lowest BCUT2D eigenvalue weighted by Gasteiger charge is -2.35. The molecular weight excluding hydrogens is 557 g/mol. The van der Waals surface area contributed by atoms with Gasteiger partial charge in [0, 0.05) is 32.0 Å². The SMILES string of the molecule is CCOc1cncc(-c2cnc(C(=O)NCC[C@@H](c3cc(NS(=O)(=O)C4CC4)ccn3)N3CCC(F)CC3)s2)n1. The number of aromatic nitrogens is 4. The number of anilines is 1. The molecule has 0 spiro atoms. The van der Waals surface area contributed by atoms with Gasteiger partial charge in [-0.1, -0.05) is 0 Å². The molecule has 1 aliphatic heterocycles. The standard InChI is InChI=1S/C26H32FN7O4S2/c1-2-38-24-16-28-14-21(32-24)23-15-31-26(39-23)25(35)30-10-6-22(34-11-7-17(27)8-12-34)20-13-18(5-9-29-20)33-40(36,37)19-3-4-19/h5,9,13-17,19,22H,2-4,6-8,10-12H2,1H3,(H,29,33)(H,30,35)/t22-/m0/s1. The van der Waals surface area contributed by atoms with Crippen molar-refractivity contribution in [2.75, 3.05) is 31.0 Å². The number of hydrogen-bond acceptors (Lipinski definition) is 10. The Bertz CT molecular complexity index is 1430. The van der Waals surface area contributed by atoms with E-state index >= 15 is 0 Å². The molecular formula is C26H32FN7O4S2. The lowest BCUT2D eigenvalue weighted by molar-refractivity contribution is 0.0920. The fourth-order valence-corrected chi connectivity index (χ4v) is 6.76. The van der Waals surface area contributed by atoms with E-state index in [1.54, 1.807) is 30.7 Å². The van der Waals surface area contributed by atoms with Crippen LogP contribution in [0.25, 0.3) is 10.6 Å². The van der Waals surface area contributed by atoms with E-state index in [-0.39, 0.29) is 17.2 Å². The topological polar surface area (TPSA) is 139 Å². The number of hydrogen-bond donors (Lipinski definition) is 2. The van der Waals surface area contributed by atoms with Gasteiger partial charge in [0.15, 0.2) is 5.01 Å². The van der Waals surface area contributed by atoms with E-state index in [1.165, 1.54) is 17.5 Å². The molecule has 5 rings (SSSR count). The molecule has 2 N–H and O–H groups in total. The fourth-order valence-electron chi connectivity index (χ4n) is 4.60. The van der Waals surface area contributed by atoms with E-state index in [9.17, 15) is 17.6 Å². The Hall–Kier alpha value is -3.23. The first kappa shape index (κ1) is 28.3.